The Kier molecular flexibility index (Phi) is 7.53. The highest BCUT2D eigenvalue weighted by atomic mass is 35.5. The molecule has 2 aromatic carbocycles. The third kappa shape index (κ3) is 4.91. The van der Waals surface area contributed by atoms with Gasteiger partial charge >= 0.3 is 0 Å². The van der Waals surface area contributed by atoms with Crippen LogP contribution in [0.3, 0.4) is 0 Å². The van der Waals surface area contributed by atoms with Crippen molar-refractivity contribution in [3.8, 4) is 22.4 Å². The first kappa shape index (κ1) is 27.6. The topological polar surface area (TPSA) is 113 Å². The van der Waals surface area contributed by atoms with E-state index < -0.39 is 0 Å². The molecule has 1 saturated heterocycles. The van der Waals surface area contributed by atoms with Crippen molar-refractivity contribution >= 4 is 63.5 Å². The number of hydrogen-bond donors (Lipinski definition) is 2. The number of ketones is 1. The molecule has 7 nitrogen and oxygen atoms in total. The van der Waals surface area contributed by atoms with E-state index in [2.05, 4.69) is 0 Å². The molecular weight excluding hydrogens is 547 g/mol. The summed E-state index contributed by atoms with van der Waals surface area (Å²) in [5, 5.41) is 9.31. The minimum absolute atomic E-state index is 0.0542. The van der Waals surface area contributed by atoms with Crippen LogP contribution >= 0.6 is 23.2 Å². The van der Waals surface area contributed by atoms with Crippen molar-refractivity contribution in [3.05, 3.63) is 75.6 Å². The number of benzene rings is 2. The zero-order chi connectivity index (χ0) is 28.7. The molecule has 0 aliphatic carbocycles. The number of pyridine rings is 1. The monoisotopic (exact) mass is 574 g/mol. The summed E-state index contributed by atoms with van der Waals surface area (Å²) in [4.78, 5) is 32.6. The number of rotatable bonds is 7. The highest BCUT2D eigenvalue weighted by Gasteiger charge is 2.33. The average molecular weight is 575 g/mol. The van der Waals surface area contributed by atoms with E-state index in [0.717, 1.165) is 11.1 Å². The summed E-state index contributed by atoms with van der Waals surface area (Å²) in [5.74, 6) is -0.460. The number of allylic oxidation sites excluding steroid dienone is 2. The molecule has 1 aliphatic heterocycles. The Bertz CT molecular complexity index is 1700. The second kappa shape index (κ2) is 10.9. The Hall–Kier alpha value is -3.94. The first-order valence-electron chi connectivity index (χ1n) is 13.0. The van der Waals surface area contributed by atoms with Gasteiger partial charge in [-0.15, -0.1) is 0 Å². The van der Waals surface area contributed by atoms with Crippen LogP contribution in [0.25, 0.3) is 39.1 Å². The third-order valence-corrected chi connectivity index (χ3v) is 7.57. The summed E-state index contributed by atoms with van der Waals surface area (Å²) >= 11 is 13.0. The molecule has 5 rings (SSSR count). The van der Waals surface area contributed by atoms with E-state index in [0.29, 0.717) is 68.6 Å². The lowest BCUT2D eigenvalue weighted by Gasteiger charge is -2.17. The molecule has 2 aromatic heterocycles. The van der Waals surface area contributed by atoms with Gasteiger partial charge in [0.2, 0.25) is 17.4 Å². The maximum Gasteiger partial charge on any atom is 0.229 e. The summed E-state index contributed by atoms with van der Waals surface area (Å²) in [6.45, 7) is 5.82. The molecule has 1 aliphatic rings. The Morgan fingerprint density at radius 1 is 1.12 bits per heavy atom. The molecule has 3 N–H and O–H groups in total. The first-order chi connectivity index (χ1) is 19.1. The first-order valence-corrected chi connectivity index (χ1v) is 13.7. The van der Waals surface area contributed by atoms with E-state index in [4.69, 9.17) is 43.7 Å². The Morgan fingerprint density at radius 2 is 1.85 bits per heavy atom. The molecule has 0 unspecified atom stereocenters. The lowest BCUT2D eigenvalue weighted by atomic mass is 9.96. The molecule has 1 fully saturated rings. The quantitative estimate of drug-likeness (QED) is 0.173. The maximum atomic E-state index is 13.3. The van der Waals surface area contributed by atoms with Gasteiger partial charge in [-0.05, 0) is 48.7 Å². The molecule has 0 radical (unpaired) electrons. The van der Waals surface area contributed by atoms with Crippen LogP contribution < -0.4 is 10.6 Å². The zero-order valence-corrected chi connectivity index (χ0v) is 23.9. The molecule has 0 saturated carbocycles. The van der Waals surface area contributed by atoms with Crippen LogP contribution in [0.4, 0.5) is 5.69 Å². The fourth-order valence-electron chi connectivity index (χ4n) is 4.95. The number of carbonyl (C=O) groups excluding carboxylic acids is 2. The van der Waals surface area contributed by atoms with Crippen molar-refractivity contribution in [2.24, 2.45) is 11.7 Å². The summed E-state index contributed by atoms with van der Waals surface area (Å²) in [7, 11) is 0. The van der Waals surface area contributed by atoms with E-state index >= 15 is 0 Å². The van der Waals surface area contributed by atoms with Gasteiger partial charge in [-0.1, -0.05) is 61.3 Å². The molecule has 3 heterocycles. The average Bonchev–Trinajstić information content (AvgIpc) is 3.50. The lowest BCUT2D eigenvalue weighted by Crippen LogP contribution is -2.25. The van der Waals surface area contributed by atoms with Crippen molar-refractivity contribution in [2.45, 2.75) is 33.6 Å². The van der Waals surface area contributed by atoms with E-state index in [9.17, 15) is 9.59 Å². The van der Waals surface area contributed by atoms with Gasteiger partial charge in [-0.2, -0.15) is 0 Å². The summed E-state index contributed by atoms with van der Waals surface area (Å²) in [6.07, 6.45) is 2.31. The van der Waals surface area contributed by atoms with Crippen LogP contribution in [0, 0.1) is 11.3 Å². The molecule has 0 atom stereocenters. The minimum atomic E-state index is -0.337. The highest BCUT2D eigenvalue weighted by Crippen LogP contribution is 2.43. The van der Waals surface area contributed by atoms with Crippen LogP contribution in [0.15, 0.2) is 58.6 Å². The number of aromatic nitrogens is 1. The minimum Gasteiger partial charge on any atom is -0.432 e. The van der Waals surface area contributed by atoms with Gasteiger partial charge in [-0.3, -0.25) is 9.59 Å². The number of nitrogens with zero attached hydrogens (tertiary/aromatic N) is 2. The second-order valence-electron chi connectivity index (χ2n) is 10.1. The largest absolute Gasteiger partial charge is 0.432 e. The number of fused-ring (bicyclic) bond motifs is 1. The van der Waals surface area contributed by atoms with Crippen molar-refractivity contribution in [3.63, 3.8) is 0 Å². The van der Waals surface area contributed by atoms with E-state index in [-0.39, 0.29) is 29.1 Å². The van der Waals surface area contributed by atoms with Crippen LogP contribution in [-0.4, -0.2) is 29.4 Å². The predicted octanol–water partition coefficient (Wildman–Crippen LogP) is 7.77. The number of halogens is 2. The van der Waals surface area contributed by atoms with E-state index in [1.165, 1.54) is 6.21 Å². The van der Waals surface area contributed by atoms with Gasteiger partial charge < -0.3 is 20.5 Å². The van der Waals surface area contributed by atoms with Gasteiger partial charge in [0.25, 0.3) is 0 Å². The molecule has 4 aromatic rings. The van der Waals surface area contributed by atoms with Gasteiger partial charge in [-0.25, -0.2) is 4.98 Å². The van der Waals surface area contributed by atoms with Crippen LogP contribution in [0.5, 0.6) is 0 Å². The van der Waals surface area contributed by atoms with Gasteiger partial charge in [0, 0.05) is 52.5 Å². The SMILES string of the molecule is C/C(N)=C(/C=N)c1ccc(-c2nc3oc(C(=O)C(C)C)c(N4CCCC4=O)c3cc2-c2ccc(Cl)cc2)c(Cl)c1. The molecule has 204 valence electrons. The van der Waals surface area contributed by atoms with Crippen molar-refractivity contribution in [2.75, 3.05) is 11.4 Å². The highest BCUT2D eigenvalue weighted by molar-refractivity contribution is 6.34. The fraction of sp³-hybridized carbons (Fsp3) is 0.226. The van der Waals surface area contributed by atoms with Crippen molar-refractivity contribution < 1.29 is 14.0 Å². The second-order valence-corrected chi connectivity index (χ2v) is 11.0. The Morgan fingerprint density at radius 3 is 2.42 bits per heavy atom. The van der Waals surface area contributed by atoms with Crippen LogP contribution in [0.2, 0.25) is 10.0 Å². The van der Waals surface area contributed by atoms with Gasteiger partial charge in [0.1, 0.15) is 5.69 Å². The molecule has 9 heteroatoms. The molecule has 40 heavy (non-hydrogen) atoms. The molecule has 1 amide bonds. The summed E-state index contributed by atoms with van der Waals surface area (Å²) < 4.78 is 6.13. The molecule has 0 bridgehead atoms. The lowest BCUT2D eigenvalue weighted by molar-refractivity contribution is -0.117. The Balaban J connectivity index is 1.81. The van der Waals surface area contributed by atoms with Gasteiger partial charge in [0.15, 0.2) is 5.76 Å². The smallest absolute Gasteiger partial charge is 0.229 e. The van der Waals surface area contributed by atoms with E-state index in [1.807, 2.05) is 30.3 Å². The zero-order valence-electron chi connectivity index (χ0n) is 22.3. The number of hydrogen-bond acceptors (Lipinski definition) is 6. The van der Waals surface area contributed by atoms with Crippen molar-refractivity contribution in [1.82, 2.24) is 4.98 Å². The van der Waals surface area contributed by atoms with Crippen LogP contribution in [-0.2, 0) is 4.79 Å². The summed E-state index contributed by atoms with van der Waals surface area (Å²) in [5.41, 5.74) is 11.2. The normalized spacial score (nSPS) is 14.2. The fourth-order valence-corrected chi connectivity index (χ4v) is 5.34. The summed E-state index contributed by atoms with van der Waals surface area (Å²) in [6, 6.07) is 14.6. The number of nitrogens with two attached hydrogens (primary N) is 1. The number of amides is 1. The molecule has 0 spiro atoms. The number of anilines is 1. The maximum absolute atomic E-state index is 13.3. The number of Topliss-reactive ketones (excluding diaryl/α,β-unsaturated/α-hetero) is 1. The predicted molar refractivity (Wildman–Crippen MR) is 161 cm³/mol. The van der Waals surface area contributed by atoms with Crippen LogP contribution in [0.1, 0.15) is 49.7 Å². The number of furan rings is 1. The third-order valence-electron chi connectivity index (χ3n) is 7.01. The number of nitrogens with one attached hydrogen (secondary N) is 1. The van der Waals surface area contributed by atoms with Gasteiger partial charge in [0.05, 0.1) is 16.1 Å². The van der Waals surface area contributed by atoms with Crippen molar-refractivity contribution in [1.29, 1.82) is 5.41 Å². The molecular formula is C31H28Cl2N4O3. The number of carbonyl (C=O) groups is 2. The Labute approximate surface area is 242 Å². The van der Waals surface area contributed by atoms with E-state index in [1.54, 1.807) is 43.9 Å². The standard InChI is InChI=1S/C31H28Cl2N4O3/c1-16(2)29(39)30-28(37-12-4-5-26(37)38)23-14-22(18-6-9-20(32)10-7-18)27(36-31(23)40-30)21-11-8-19(13-25(21)33)24(15-34)17(3)35/h6-11,13-16,34H,4-5,12,35H2,1-3H3/b24-17+,34-15?.